The summed E-state index contributed by atoms with van der Waals surface area (Å²) in [6.45, 7) is 0. The highest BCUT2D eigenvalue weighted by atomic mass is 19.2. The Morgan fingerprint density at radius 1 is 0.625 bits per heavy atom. The lowest BCUT2D eigenvalue weighted by atomic mass is 10.1. The maximum atomic E-state index is 13.6. The lowest BCUT2D eigenvalue weighted by Crippen LogP contribution is -1.95. The van der Waals surface area contributed by atoms with Crippen molar-refractivity contribution in [3.63, 3.8) is 0 Å². The molecule has 0 fully saturated rings. The van der Waals surface area contributed by atoms with Crippen LogP contribution in [0.4, 0.5) is 8.78 Å². The quantitative estimate of drug-likeness (QED) is 0.318. The van der Waals surface area contributed by atoms with E-state index in [4.69, 9.17) is 0 Å². The van der Waals surface area contributed by atoms with Crippen LogP contribution in [0.15, 0.2) is 48.8 Å². The van der Waals surface area contributed by atoms with Crippen molar-refractivity contribution in [2.75, 3.05) is 0 Å². The molecule has 0 atom stereocenters. The third kappa shape index (κ3) is 1.70. The molecule has 0 N–H and O–H groups in total. The van der Waals surface area contributed by atoms with Crippen LogP contribution in [0.3, 0.4) is 0 Å². The summed E-state index contributed by atoms with van der Waals surface area (Å²) in [6, 6.07) is 9.47. The van der Waals surface area contributed by atoms with Crippen molar-refractivity contribution >= 4 is 43.9 Å². The molecule has 0 amide bonds. The van der Waals surface area contributed by atoms with Crippen molar-refractivity contribution < 1.29 is 8.78 Å². The number of hydrogen-bond donors (Lipinski definition) is 0. The van der Waals surface area contributed by atoms with Gasteiger partial charge in [-0.25, -0.2) is 18.7 Å². The summed E-state index contributed by atoms with van der Waals surface area (Å²) in [5.41, 5.74) is 3.20. The first-order valence-electron chi connectivity index (χ1n) is 7.30. The molecule has 0 aliphatic rings. The van der Waals surface area contributed by atoms with E-state index >= 15 is 0 Å². The molecule has 0 unspecified atom stereocenters. The highest BCUT2D eigenvalue weighted by molar-refractivity contribution is 6.21. The summed E-state index contributed by atoms with van der Waals surface area (Å²) in [6.07, 6.45) is 3.37. The molecule has 5 aromatic rings. The van der Waals surface area contributed by atoms with Gasteiger partial charge in [0.2, 0.25) is 0 Å². The van der Waals surface area contributed by atoms with Crippen LogP contribution in [0.2, 0.25) is 0 Å². The molecule has 3 heterocycles. The highest BCUT2D eigenvalue weighted by Crippen LogP contribution is 2.31. The van der Waals surface area contributed by atoms with Gasteiger partial charge in [-0.3, -0.25) is 9.97 Å². The first kappa shape index (κ1) is 13.2. The monoisotopic (exact) mass is 318 g/mol. The Morgan fingerprint density at radius 3 is 1.54 bits per heavy atom. The summed E-state index contributed by atoms with van der Waals surface area (Å²) in [5.74, 6) is -1.89. The number of rotatable bonds is 0. The molecule has 0 bridgehead atoms. The number of benzene rings is 2. The molecule has 0 saturated heterocycles. The molecular weight excluding hydrogens is 310 g/mol. The topological polar surface area (TPSA) is 51.6 Å². The fourth-order valence-electron chi connectivity index (χ4n) is 3.00. The zero-order valence-corrected chi connectivity index (χ0v) is 12.2. The third-order valence-electron chi connectivity index (χ3n) is 4.06. The van der Waals surface area contributed by atoms with Crippen LogP contribution in [-0.4, -0.2) is 19.9 Å². The molecule has 0 radical (unpaired) electrons. The first-order valence-corrected chi connectivity index (χ1v) is 7.30. The molecule has 6 heteroatoms. The molecule has 5 rings (SSSR count). The molecule has 114 valence electrons. The van der Waals surface area contributed by atoms with Crippen molar-refractivity contribution in [1.82, 2.24) is 19.9 Å². The first-order chi connectivity index (χ1) is 11.7. The number of hydrogen-bond acceptors (Lipinski definition) is 4. The molecule has 3 aromatic heterocycles. The third-order valence-corrected chi connectivity index (χ3v) is 4.06. The minimum Gasteiger partial charge on any atom is -0.254 e. The summed E-state index contributed by atoms with van der Waals surface area (Å²) >= 11 is 0. The Morgan fingerprint density at radius 2 is 1.08 bits per heavy atom. The van der Waals surface area contributed by atoms with Crippen molar-refractivity contribution in [2.24, 2.45) is 0 Å². The van der Waals surface area contributed by atoms with Crippen LogP contribution in [0.5, 0.6) is 0 Å². The molecule has 0 aliphatic heterocycles. The second kappa shape index (κ2) is 4.61. The van der Waals surface area contributed by atoms with E-state index < -0.39 is 11.6 Å². The van der Waals surface area contributed by atoms with Gasteiger partial charge in [0.25, 0.3) is 0 Å². The number of pyridine rings is 2. The van der Waals surface area contributed by atoms with Gasteiger partial charge in [0.1, 0.15) is 0 Å². The van der Waals surface area contributed by atoms with Gasteiger partial charge in [0, 0.05) is 35.3 Å². The van der Waals surface area contributed by atoms with Crippen molar-refractivity contribution in [1.29, 1.82) is 0 Å². The van der Waals surface area contributed by atoms with Crippen LogP contribution in [-0.2, 0) is 0 Å². The smallest absolute Gasteiger partial charge is 0.161 e. The van der Waals surface area contributed by atoms with E-state index in [-0.39, 0.29) is 0 Å². The van der Waals surface area contributed by atoms with Crippen LogP contribution >= 0.6 is 0 Å². The zero-order valence-electron chi connectivity index (χ0n) is 12.2. The average molecular weight is 318 g/mol. The van der Waals surface area contributed by atoms with Crippen LogP contribution in [0.25, 0.3) is 43.9 Å². The van der Waals surface area contributed by atoms with E-state index in [9.17, 15) is 8.78 Å². The predicted molar refractivity (Wildman–Crippen MR) is 87.6 cm³/mol. The minimum atomic E-state index is -0.943. The minimum absolute atomic E-state index is 0.301. The van der Waals surface area contributed by atoms with Crippen molar-refractivity contribution in [3.05, 3.63) is 60.4 Å². The molecule has 4 nitrogen and oxygen atoms in total. The van der Waals surface area contributed by atoms with E-state index in [1.807, 2.05) is 12.1 Å². The van der Waals surface area contributed by atoms with E-state index in [1.54, 1.807) is 24.5 Å². The van der Waals surface area contributed by atoms with Crippen molar-refractivity contribution in [2.45, 2.75) is 0 Å². The van der Waals surface area contributed by atoms with Gasteiger partial charge in [-0.15, -0.1) is 0 Å². The van der Waals surface area contributed by atoms with Crippen molar-refractivity contribution in [3.8, 4) is 0 Å². The summed E-state index contributed by atoms with van der Waals surface area (Å²) in [7, 11) is 0. The van der Waals surface area contributed by atoms with Gasteiger partial charge in [0.15, 0.2) is 11.6 Å². The lowest BCUT2D eigenvalue weighted by molar-refractivity contribution is 0.510. The number of nitrogens with zero attached hydrogens (tertiary/aromatic N) is 4. The Bertz CT molecular complexity index is 1180. The second-order valence-electron chi connectivity index (χ2n) is 5.47. The normalized spacial score (nSPS) is 11.8. The fourth-order valence-corrected chi connectivity index (χ4v) is 3.00. The summed E-state index contributed by atoms with van der Waals surface area (Å²) in [4.78, 5) is 17.9. The highest BCUT2D eigenvalue weighted by Gasteiger charge is 2.14. The van der Waals surface area contributed by atoms with Crippen LogP contribution in [0.1, 0.15) is 0 Å². The Kier molecular flexibility index (Phi) is 2.53. The summed E-state index contributed by atoms with van der Waals surface area (Å²) < 4.78 is 27.1. The fraction of sp³-hybridized carbons (Fsp3) is 0. The Hall–Kier alpha value is -3.28. The molecule has 2 aromatic carbocycles. The average Bonchev–Trinajstić information content (AvgIpc) is 2.62. The molecule has 0 saturated carbocycles. The number of aromatic nitrogens is 4. The molecule has 24 heavy (non-hydrogen) atoms. The lowest BCUT2D eigenvalue weighted by Gasteiger charge is -2.08. The van der Waals surface area contributed by atoms with E-state index in [1.165, 1.54) is 0 Å². The van der Waals surface area contributed by atoms with E-state index in [0.29, 0.717) is 33.1 Å². The maximum Gasteiger partial charge on any atom is 0.161 e. The van der Waals surface area contributed by atoms with Gasteiger partial charge in [-0.2, -0.15) is 0 Å². The second-order valence-corrected chi connectivity index (χ2v) is 5.47. The van der Waals surface area contributed by atoms with Gasteiger partial charge < -0.3 is 0 Å². The van der Waals surface area contributed by atoms with Gasteiger partial charge in [-0.05, 0) is 24.3 Å². The number of halogens is 2. The standard InChI is InChI=1S/C18H8F2N4/c19-11-7-13-14(8-12(11)20)24-18-10-4-2-6-22-16(10)15-9(17(18)23-13)3-1-5-21-15/h1-8H. The largest absolute Gasteiger partial charge is 0.254 e. The Balaban J connectivity index is 2.11. The van der Waals surface area contributed by atoms with Crippen LogP contribution in [0, 0.1) is 11.6 Å². The molecular formula is C18H8F2N4. The number of fused-ring (bicyclic) bond motifs is 7. The van der Waals surface area contributed by atoms with E-state index in [0.717, 1.165) is 22.9 Å². The van der Waals surface area contributed by atoms with Gasteiger partial charge >= 0.3 is 0 Å². The van der Waals surface area contributed by atoms with Crippen LogP contribution < -0.4 is 0 Å². The molecule has 0 spiro atoms. The summed E-state index contributed by atoms with van der Waals surface area (Å²) in [5, 5.41) is 1.55. The van der Waals surface area contributed by atoms with E-state index in [2.05, 4.69) is 19.9 Å². The predicted octanol–water partition coefficient (Wildman–Crippen LogP) is 4.16. The molecule has 0 aliphatic carbocycles. The van der Waals surface area contributed by atoms with Gasteiger partial charge in [-0.1, -0.05) is 0 Å². The zero-order chi connectivity index (χ0) is 16.3. The Labute approximate surface area is 133 Å². The van der Waals surface area contributed by atoms with Gasteiger partial charge in [0.05, 0.1) is 33.1 Å². The SMILES string of the molecule is Fc1cc2nc3c4cccnc4c4ncccc4c3nc2cc1F. The maximum absolute atomic E-state index is 13.6.